The number of benzene rings is 1. The van der Waals surface area contributed by atoms with Crippen molar-refractivity contribution in [1.82, 2.24) is 14.5 Å². The number of nitrogens with one attached hydrogen (secondary N) is 1. The monoisotopic (exact) mass is 421 g/mol. The third-order valence-electron chi connectivity index (χ3n) is 4.17. The van der Waals surface area contributed by atoms with Crippen molar-refractivity contribution in [3.05, 3.63) is 47.5 Å². The molecule has 2 aromatic heterocycles. The molecule has 9 heteroatoms. The number of methoxy groups -OCH3 is 2. The molecule has 2 heterocycles. The average Bonchev–Trinajstić information content (AvgIpc) is 3.35. The van der Waals surface area contributed by atoms with Gasteiger partial charge in [-0.05, 0) is 43.7 Å². The van der Waals surface area contributed by atoms with E-state index in [2.05, 4.69) is 9.82 Å². The van der Waals surface area contributed by atoms with Crippen molar-refractivity contribution in [3.8, 4) is 22.8 Å². The summed E-state index contributed by atoms with van der Waals surface area (Å²) in [4.78, 5) is 0. The summed E-state index contributed by atoms with van der Waals surface area (Å²) in [5.74, 6) is 1.21. The van der Waals surface area contributed by atoms with Crippen molar-refractivity contribution in [2.75, 3.05) is 14.2 Å². The summed E-state index contributed by atoms with van der Waals surface area (Å²) in [6, 6.07) is 9.02. The van der Waals surface area contributed by atoms with Gasteiger partial charge in [-0.1, -0.05) is 0 Å². The lowest BCUT2D eigenvalue weighted by Gasteiger charge is -2.10. The highest BCUT2D eigenvalue weighted by molar-refractivity contribution is 7.91. The summed E-state index contributed by atoms with van der Waals surface area (Å²) in [5, 5.41) is 6.14. The maximum atomic E-state index is 12.7. The lowest BCUT2D eigenvalue weighted by molar-refractivity contribution is 0.393. The number of aromatic nitrogens is 2. The Morgan fingerprint density at radius 2 is 1.82 bits per heavy atom. The minimum atomic E-state index is -3.64. The molecule has 28 heavy (non-hydrogen) atoms. The van der Waals surface area contributed by atoms with Gasteiger partial charge in [0.05, 0.1) is 19.9 Å². The fourth-order valence-corrected chi connectivity index (χ4v) is 5.00. The van der Waals surface area contributed by atoms with Crippen LogP contribution in [0.3, 0.4) is 0 Å². The van der Waals surface area contributed by atoms with Crippen molar-refractivity contribution in [1.29, 1.82) is 0 Å². The zero-order valence-corrected chi connectivity index (χ0v) is 17.8. The minimum Gasteiger partial charge on any atom is -0.497 e. The first-order valence-corrected chi connectivity index (χ1v) is 11.0. The first-order valence-electron chi connectivity index (χ1n) is 8.68. The van der Waals surface area contributed by atoms with Crippen LogP contribution in [0, 0.1) is 0 Å². The van der Waals surface area contributed by atoms with Gasteiger partial charge in [-0.25, -0.2) is 13.1 Å². The number of thiophene rings is 1. The molecule has 7 nitrogen and oxygen atoms in total. The van der Waals surface area contributed by atoms with Crippen LogP contribution >= 0.6 is 11.3 Å². The van der Waals surface area contributed by atoms with Gasteiger partial charge in [0.2, 0.25) is 10.0 Å². The molecular formula is C19H23N3O4S2. The predicted molar refractivity (Wildman–Crippen MR) is 109 cm³/mol. The second-order valence-electron chi connectivity index (χ2n) is 6.45. The second-order valence-corrected chi connectivity index (χ2v) is 9.36. The molecule has 0 amide bonds. The van der Waals surface area contributed by atoms with Crippen molar-refractivity contribution >= 4 is 21.4 Å². The largest absolute Gasteiger partial charge is 0.497 e. The van der Waals surface area contributed by atoms with E-state index in [1.54, 1.807) is 44.7 Å². The molecule has 0 aliphatic heterocycles. The third-order valence-corrected chi connectivity index (χ3v) is 7.01. The fraction of sp³-hybridized carbons (Fsp3) is 0.316. The molecule has 0 bridgehead atoms. The molecule has 0 atom stereocenters. The van der Waals surface area contributed by atoms with Gasteiger partial charge in [0.25, 0.3) is 0 Å². The van der Waals surface area contributed by atoms with Gasteiger partial charge in [0.15, 0.2) is 0 Å². The highest BCUT2D eigenvalue weighted by Crippen LogP contribution is 2.30. The predicted octanol–water partition coefficient (Wildman–Crippen LogP) is 3.69. The Labute approximate surface area is 169 Å². The van der Waals surface area contributed by atoms with Crippen molar-refractivity contribution in [2.24, 2.45) is 0 Å². The molecule has 1 aromatic carbocycles. The highest BCUT2D eigenvalue weighted by Gasteiger charge is 2.19. The minimum absolute atomic E-state index is 0.132. The van der Waals surface area contributed by atoms with Crippen LogP contribution in [-0.4, -0.2) is 32.4 Å². The van der Waals surface area contributed by atoms with Crippen LogP contribution in [0.5, 0.6) is 11.5 Å². The molecule has 0 saturated carbocycles. The number of sulfonamides is 1. The number of hydrogen-bond donors (Lipinski definition) is 1. The molecule has 0 aliphatic rings. The molecular weight excluding hydrogens is 398 g/mol. The Bertz CT molecular complexity index is 1030. The summed E-state index contributed by atoms with van der Waals surface area (Å²) >= 11 is 1.18. The first kappa shape index (κ1) is 20.4. The van der Waals surface area contributed by atoms with E-state index in [9.17, 15) is 8.42 Å². The zero-order chi connectivity index (χ0) is 20.3. The molecule has 0 radical (unpaired) electrons. The van der Waals surface area contributed by atoms with E-state index >= 15 is 0 Å². The van der Waals surface area contributed by atoms with Crippen LogP contribution in [0.2, 0.25) is 0 Å². The van der Waals surface area contributed by atoms with Crippen molar-refractivity contribution in [2.45, 2.75) is 30.6 Å². The number of nitrogens with zero attached hydrogens (tertiary/aromatic N) is 2. The van der Waals surface area contributed by atoms with Crippen molar-refractivity contribution in [3.63, 3.8) is 0 Å². The van der Waals surface area contributed by atoms with Gasteiger partial charge < -0.3 is 9.47 Å². The maximum absolute atomic E-state index is 12.7. The van der Waals surface area contributed by atoms with E-state index in [0.717, 1.165) is 16.8 Å². The molecule has 0 spiro atoms. The summed E-state index contributed by atoms with van der Waals surface area (Å²) in [6.07, 6.45) is 1.72. The molecule has 0 aliphatic carbocycles. The standard InChI is InChI=1S/C19H23N3O4S2/c1-13(2)22-18(5-6-20-22)15-9-19(27-12-15)28(23,24)21-11-14-7-16(25-3)10-17(8-14)26-4/h5-10,12-13,21H,11H2,1-4H3. The molecule has 3 rings (SSSR count). The molecule has 0 saturated heterocycles. The topological polar surface area (TPSA) is 82.5 Å². The number of ether oxygens (including phenoxy) is 2. The quantitative estimate of drug-likeness (QED) is 0.600. The smallest absolute Gasteiger partial charge is 0.250 e. The molecule has 1 N–H and O–H groups in total. The first-order chi connectivity index (χ1) is 13.3. The Kier molecular flexibility index (Phi) is 6.07. The van der Waals surface area contributed by atoms with Gasteiger partial charge in [0.1, 0.15) is 15.7 Å². The average molecular weight is 422 g/mol. The molecule has 150 valence electrons. The summed E-state index contributed by atoms with van der Waals surface area (Å²) in [5.41, 5.74) is 2.47. The van der Waals surface area contributed by atoms with E-state index in [4.69, 9.17) is 9.47 Å². The van der Waals surface area contributed by atoms with Gasteiger partial charge >= 0.3 is 0 Å². The van der Waals surface area contributed by atoms with Gasteiger partial charge in [-0.15, -0.1) is 11.3 Å². The van der Waals surface area contributed by atoms with Gasteiger partial charge in [0, 0.05) is 35.8 Å². The Morgan fingerprint density at radius 1 is 1.14 bits per heavy atom. The molecule has 3 aromatic rings. The van der Waals surface area contributed by atoms with Crippen LogP contribution in [0.1, 0.15) is 25.5 Å². The lowest BCUT2D eigenvalue weighted by Crippen LogP contribution is -2.22. The van der Waals surface area contributed by atoms with E-state index < -0.39 is 10.0 Å². The Morgan fingerprint density at radius 3 is 2.43 bits per heavy atom. The third kappa shape index (κ3) is 4.37. The van der Waals surface area contributed by atoms with Gasteiger partial charge in [-0.2, -0.15) is 5.10 Å². The van der Waals surface area contributed by atoms with E-state index in [1.165, 1.54) is 11.3 Å². The van der Waals surface area contributed by atoms with Crippen LogP contribution < -0.4 is 14.2 Å². The summed E-state index contributed by atoms with van der Waals surface area (Å²) in [7, 11) is -0.537. The van der Waals surface area contributed by atoms with Crippen LogP contribution in [-0.2, 0) is 16.6 Å². The van der Waals surface area contributed by atoms with Crippen LogP contribution in [0.15, 0.2) is 46.1 Å². The van der Waals surface area contributed by atoms with E-state index in [-0.39, 0.29) is 16.8 Å². The Balaban J connectivity index is 1.79. The van der Waals surface area contributed by atoms with E-state index in [0.29, 0.717) is 11.5 Å². The SMILES string of the molecule is COc1cc(CNS(=O)(=O)c2cc(-c3ccnn3C(C)C)cs2)cc(OC)c1. The van der Waals surface area contributed by atoms with Crippen LogP contribution in [0.25, 0.3) is 11.3 Å². The summed E-state index contributed by atoms with van der Waals surface area (Å²) in [6.45, 7) is 4.20. The normalized spacial score (nSPS) is 11.8. The molecule has 0 fully saturated rings. The Hall–Kier alpha value is -2.36. The zero-order valence-electron chi connectivity index (χ0n) is 16.2. The lowest BCUT2D eigenvalue weighted by atomic mass is 10.2. The summed E-state index contributed by atoms with van der Waals surface area (Å²) < 4.78 is 40.7. The maximum Gasteiger partial charge on any atom is 0.250 e. The number of rotatable bonds is 8. The number of hydrogen-bond acceptors (Lipinski definition) is 6. The van der Waals surface area contributed by atoms with Crippen LogP contribution in [0.4, 0.5) is 0 Å². The fourth-order valence-electron chi connectivity index (χ4n) is 2.76. The van der Waals surface area contributed by atoms with Gasteiger partial charge in [-0.3, -0.25) is 4.68 Å². The van der Waals surface area contributed by atoms with E-state index in [1.807, 2.05) is 30.0 Å². The second kappa shape index (κ2) is 8.34. The highest BCUT2D eigenvalue weighted by atomic mass is 32.2. The van der Waals surface area contributed by atoms with Crippen molar-refractivity contribution < 1.29 is 17.9 Å². The molecule has 0 unspecified atom stereocenters.